The molecular weight excluding hydrogens is 276 g/mol. The van der Waals surface area contributed by atoms with Crippen LogP contribution in [0.25, 0.3) is 5.82 Å². The van der Waals surface area contributed by atoms with Crippen molar-refractivity contribution in [2.45, 2.75) is 6.92 Å². The van der Waals surface area contributed by atoms with Gasteiger partial charge in [-0.1, -0.05) is 6.07 Å². The fourth-order valence-electron chi connectivity index (χ4n) is 1.79. The van der Waals surface area contributed by atoms with Crippen molar-refractivity contribution in [3.05, 3.63) is 66.1 Å². The maximum atomic E-state index is 13.5. The minimum absolute atomic E-state index is 0.337. The van der Waals surface area contributed by atoms with Crippen molar-refractivity contribution >= 4 is 0 Å². The van der Waals surface area contributed by atoms with Gasteiger partial charge in [-0.05, 0) is 24.6 Å². The van der Waals surface area contributed by atoms with E-state index in [2.05, 4.69) is 10.1 Å². The molecule has 1 aromatic carbocycles. The molecule has 2 aromatic heterocycles. The first kappa shape index (κ1) is 13.2. The third-order valence-corrected chi connectivity index (χ3v) is 2.88. The molecule has 0 aliphatic carbocycles. The van der Waals surface area contributed by atoms with E-state index in [-0.39, 0.29) is 5.82 Å². The van der Waals surface area contributed by atoms with Gasteiger partial charge in [0, 0.05) is 18.3 Å². The summed E-state index contributed by atoms with van der Waals surface area (Å²) in [5.41, 5.74) is 0.546. The van der Waals surface area contributed by atoms with E-state index in [4.69, 9.17) is 4.74 Å². The number of aromatic nitrogens is 3. The Morgan fingerprint density at radius 1 is 1.10 bits per heavy atom. The van der Waals surface area contributed by atoms with Crippen LogP contribution in [0.3, 0.4) is 0 Å². The summed E-state index contributed by atoms with van der Waals surface area (Å²) in [6, 6.07) is 7.83. The first-order valence-corrected chi connectivity index (χ1v) is 6.22. The van der Waals surface area contributed by atoms with Gasteiger partial charge in [-0.3, -0.25) is 0 Å². The van der Waals surface area contributed by atoms with Gasteiger partial charge >= 0.3 is 0 Å². The average Bonchev–Trinajstić information content (AvgIpc) is 2.90. The molecule has 0 saturated carbocycles. The molecule has 6 heteroatoms. The van der Waals surface area contributed by atoms with Crippen LogP contribution in [0.1, 0.15) is 5.56 Å². The lowest BCUT2D eigenvalue weighted by Gasteiger charge is -2.08. The summed E-state index contributed by atoms with van der Waals surface area (Å²) in [5, 5.41) is 3.82. The Bertz CT molecular complexity index is 786. The Hall–Kier alpha value is -2.76. The second-order valence-electron chi connectivity index (χ2n) is 4.47. The fraction of sp³-hybridized carbons (Fsp3) is 0.0667. The van der Waals surface area contributed by atoms with Crippen LogP contribution in [0.15, 0.2) is 48.9 Å². The van der Waals surface area contributed by atoms with Gasteiger partial charge in [-0.2, -0.15) is 5.10 Å². The van der Waals surface area contributed by atoms with E-state index in [0.717, 1.165) is 6.20 Å². The number of pyridine rings is 1. The normalized spacial score (nSPS) is 10.6. The quantitative estimate of drug-likeness (QED) is 0.738. The van der Waals surface area contributed by atoms with E-state index >= 15 is 0 Å². The molecular formula is C15H11F2N3O. The van der Waals surface area contributed by atoms with Crippen LogP contribution in [-0.4, -0.2) is 14.8 Å². The first-order valence-electron chi connectivity index (χ1n) is 6.22. The van der Waals surface area contributed by atoms with Crippen molar-refractivity contribution in [3.63, 3.8) is 0 Å². The Kier molecular flexibility index (Phi) is 3.35. The zero-order valence-electron chi connectivity index (χ0n) is 11.1. The van der Waals surface area contributed by atoms with E-state index in [1.807, 2.05) is 0 Å². The highest BCUT2D eigenvalue weighted by Crippen LogP contribution is 2.24. The summed E-state index contributed by atoms with van der Waals surface area (Å²) >= 11 is 0. The van der Waals surface area contributed by atoms with Crippen molar-refractivity contribution in [3.8, 4) is 17.3 Å². The van der Waals surface area contributed by atoms with Crippen molar-refractivity contribution in [2.75, 3.05) is 0 Å². The van der Waals surface area contributed by atoms with Gasteiger partial charge in [-0.25, -0.2) is 18.4 Å². The number of hydrogen-bond donors (Lipinski definition) is 0. The van der Waals surface area contributed by atoms with Crippen LogP contribution in [-0.2, 0) is 0 Å². The van der Waals surface area contributed by atoms with Crippen molar-refractivity contribution in [1.29, 1.82) is 0 Å². The number of aryl methyl sites for hydroxylation is 1. The zero-order chi connectivity index (χ0) is 14.8. The second-order valence-corrected chi connectivity index (χ2v) is 4.47. The predicted octanol–water partition coefficient (Wildman–Crippen LogP) is 3.65. The van der Waals surface area contributed by atoms with Gasteiger partial charge in [0.2, 0.25) is 0 Å². The third kappa shape index (κ3) is 2.89. The van der Waals surface area contributed by atoms with Crippen molar-refractivity contribution in [1.82, 2.24) is 14.8 Å². The maximum absolute atomic E-state index is 13.5. The van der Waals surface area contributed by atoms with Gasteiger partial charge in [0.1, 0.15) is 17.3 Å². The molecule has 0 aliphatic rings. The summed E-state index contributed by atoms with van der Waals surface area (Å²) in [5.74, 6) is 0.449. The number of nitrogens with zero attached hydrogens (tertiary/aromatic N) is 3. The van der Waals surface area contributed by atoms with Crippen LogP contribution < -0.4 is 4.74 Å². The van der Waals surface area contributed by atoms with Gasteiger partial charge in [0.05, 0.1) is 12.4 Å². The average molecular weight is 287 g/mol. The number of benzene rings is 1. The Balaban J connectivity index is 1.87. The molecule has 0 spiro atoms. The SMILES string of the molecule is Cc1ccc(Oc2ccnc(-n3cc(F)cn3)c2)cc1F. The lowest BCUT2D eigenvalue weighted by molar-refractivity contribution is 0.474. The highest BCUT2D eigenvalue weighted by Gasteiger charge is 2.06. The number of halogens is 2. The molecule has 0 aliphatic heterocycles. The molecule has 3 aromatic rings. The smallest absolute Gasteiger partial charge is 0.161 e. The first-order chi connectivity index (χ1) is 10.1. The molecule has 0 fully saturated rings. The Morgan fingerprint density at radius 2 is 1.90 bits per heavy atom. The minimum atomic E-state index is -0.455. The Morgan fingerprint density at radius 3 is 2.62 bits per heavy atom. The molecule has 4 nitrogen and oxygen atoms in total. The molecule has 0 atom stereocenters. The van der Waals surface area contributed by atoms with Crippen molar-refractivity contribution < 1.29 is 13.5 Å². The fourth-order valence-corrected chi connectivity index (χ4v) is 1.79. The number of ether oxygens (including phenoxy) is 1. The molecule has 106 valence electrons. The monoisotopic (exact) mass is 287 g/mol. The summed E-state index contributed by atoms with van der Waals surface area (Å²) in [7, 11) is 0. The molecule has 0 unspecified atom stereocenters. The lowest BCUT2D eigenvalue weighted by atomic mass is 10.2. The summed E-state index contributed by atoms with van der Waals surface area (Å²) < 4.78 is 33.3. The van der Waals surface area contributed by atoms with E-state index in [1.165, 1.54) is 23.1 Å². The molecule has 0 amide bonds. The number of hydrogen-bond acceptors (Lipinski definition) is 3. The summed E-state index contributed by atoms with van der Waals surface area (Å²) in [4.78, 5) is 4.08. The van der Waals surface area contributed by atoms with E-state index < -0.39 is 5.82 Å². The van der Waals surface area contributed by atoms with Crippen LogP contribution in [0.2, 0.25) is 0 Å². The van der Waals surface area contributed by atoms with Crippen LogP contribution in [0.5, 0.6) is 11.5 Å². The molecule has 0 N–H and O–H groups in total. The highest BCUT2D eigenvalue weighted by atomic mass is 19.1. The molecule has 2 heterocycles. The van der Waals surface area contributed by atoms with Gasteiger partial charge in [0.25, 0.3) is 0 Å². The molecule has 0 radical (unpaired) electrons. The van der Waals surface area contributed by atoms with Gasteiger partial charge in [0.15, 0.2) is 11.6 Å². The molecule has 21 heavy (non-hydrogen) atoms. The summed E-state index contributed by atoms with van der Waals surface area (Å²) in [6.07, 6.45) is 3.80. The van der Waals surface area contributed by atoms with Crippen LogP contribution in [0.4, 0.5) is 8.78 Å². The molecule has 3 rings (SSSR count). The van der Waals surface area contributed by atoms with Crippen LogP contribution in [0, 0.1) is 18.6 Å². The highest BCUT2D eigenvalue weighted by molar-refractivity contribution is 5.36. The largest absolute Gasteiger partial charge is 0.457 e. The third-order valence-electron chi connectivity index (χ3n) is 2.88. The minimum Gasteiger partial charge on any atom is -0.457 e. The van der Waals surface area contributed by atoms with E-state index in [1.54, 1.807) is 31.2 Å². The van der Waals surface area contributed by atoms with Gasteiger partial charge in [-0.15, -0.1) is 0 Å². The summed E-state index contributed by atoms with van der Waals surface area (Å²) in [6.45, 7) is 1.68. The molecule has 0 bridgehead atoms. The van der Waals surface area contributed by atoms with Crippen molar-refractivity contribution in [2.24, 2.45) is 0 Å². The molecule has 0 saturated heterocycles. The second kappa shape index (κ2) is 5.32. The zero-order valence-corrected chi connectivity index (χ0v) is 11.1. The number of rotatable bonds is 3. The Labute approximate surface area is 119 Å². The lowest BCUT2D eigenvalue weighted by Crippen LogP contribution is -1.98. The van der Waals surface area contributed by atoms with Crippen LogP contribution >= 0.6 is 0 Å². The topological polar surface area (TPSA) is 39.9 Å². The predicted molar refractivity (Wildman–Crippen MR) is 72.5 cm³/mol. The van der Waals surface area contributed by atoms with E-state index in [9.17, 15) is 8.78 Å². The maximum Gasteiger partial charge on any atom is 0.161 e. The standard InChI is InChI=1S/C15H11F2N3O/c1-10-2-3-12(6-14(10)17)21-13-4-5-18-15(7-13)20-9-11(16)8-19-20/h2-9H,1H3. The van der Waals surface area contributed by atoms with E-state index in [0.29, 0.717) is 22.9 Å². The van der Waals surface area contributed by atoms with Gasteiger partial charge < -0.3 is 4.74 Å².